The van der Waals surface area contributed by atoms with Crippen molar-refractivity contribution in [2.75, 3.05) is 51.1 Å². The molecule has 2 aliphatic heterocycles. The summed E-state index contributed by atoms with van der Waals surface area (Å²) >= 11 is 0. The fourth-order valence-corrected chi connectivity index (χ4v) is 2.89. The molecule has 1 aromatic rings. The van der Waals surface area contributed by atoms with E-state index in [1.165, 1.54) is 0 Å². The normalized spacial score (nSPS) is 21.2. The number of amides is 1. The zero-order chi connectivity index (χ0) is 14.7. The zero-order valence-corrected chi connectivity index (χ0v) is 12.5. The second-order valence-electron chi connectivity index (χ2n) is 5.82. The van der Waals surface area contributed by atoms with Gasteiger partial charge in [0.15, 0.2) is 5.82 Å². The van der Waals surface area contributed by atoms with Gasteiger partial charge >= 0.3 is 0 Å². The van der Waals surface area contributed by atoms with Crippen molar-refractivity contribution in [3.05, 3.63) is 11.8 Å². The van der Waals surface area contributed by atoms with Gasteiger partial charge in [-0.3, -0.25) is 14.6 Å². The Balaban J connectivity index is 1.32. The van der Waals surface area contributed by atoms with Gasteiger partial charge in [0.2, 0.25) is 5.91 Å². The smallest absolute Gasteiger partial charge is 0.226 e. The molecule has 0 saturated carbocycles. The number of aryl methyl sites for hydroxylation is 1. The molecule has 0 aliphatic carbocycles. The molecule has 0 spiro atoms. The van der Waals surface area contributed by atoms with E-state index in [9.17, 15) is 4.79 Å². The number of piperazine rings is 1. The molecule has 0 bridgehead atoms. The molecule has 0 aromatic carbocycles. The van der Waals surface area contributed by atoms with Crippen LogP contribution in [0.25, 0.3) is 0 Å². The van der Waals surface area contributed by atoms with Gasteiger partial charge in [0.1, 0.15) is 5.76 Å². The molecule has 3 heterocycles. The van der Waals surface area contributed by atoms with Gasteiger partial charge in [-0.15, -0.1) is 0 Å². The van der Waals surface area contributed by atoms with Crippen LogP contribution < -0.4 is 10.6 Å². The molecule has 7 heteroatoms. The fraction of sp³-hybridized carbons (Fsp3) is 0.714. The first kappa shape index (κ1) is 14.5. The fourth-order valence-electron chi connectivity index (χ4n) is 2.89. The maximum absolute atomic E-state index is 11.8. The van der Waals surface area contributed by atoms with Gasteiger partial charge in [0, 0.05) is 64.3 Å². The summed E-state index contributed by atoms with van der Waals surface area (Å²) in [7, 11) is 0. The summed E-state index contributed by atoms with van der Waals surface area (Å²) in [5, 5.41) is 9.88. The van der Waals surface area contributed by atoms with Crippen LogP contribution in [0, 0.1) is 6.92 Å². The lowest BCUT2D eigenvalue weighted by atomic mass is 10.1. The maximum Gasteiger partial charge on any atom is 0.226 e. The predicted molar refractivity (Wildman–Crippen MR) is 79.2 cm³/mol. The lowest BCUT2D eigenvalue weighted by Crippen LogP contribution is -2.62. The molecule has 3 rings (SSSR count). The third-order valence-corrected chi connectivity index (χ3v) is 4.16. The highest BCUT2D eigenvalue weighted by atomic mass is 16.5. The van der Waals surface area contributed by atoms with Crippen molar-refractivity contribution in [2.45, 2.75) is 19.4 Å². The summed E-state index contributed by atoms with van der Waals surface area (Å²) in [5.74, 6) is 1.20. The number of aromatic nitrogens is 1. The topological polar surface area (TPSA) is 73.6 Å². The maximum atomic E-state index is 11.8. The van der Waals surface area contributed by atoms with E-state index in [-0.39, 0.29) is 5.91 Å². The average Bonchev–Trinajstić information content (AvgIpc) is 2.83. The Kier molecular flexibility index (Phi) is 4.52. The second-order valence-corrected chi connectivity index (χ2v) is 5.82. The molecule has 116 valence electrons. The Morgan fingerprint density at radius 3 is 2.90 bits per heavy atom. The molecule has 2 fully saturated rings. The highest BCUT2D eigenvalue weighted by Crippen LogP contribution is 2.16. The van der Waals surface area contributed by atoms with E-state index in [2.05, 4.69) is 25.6 Å². The summed E-state index contributed by atoms with van der Waals surface area (Å²) in [4.78, 5) is 16.7. The Morgan fingerprint density at radius 2 is 2.24 bits per heavy atom. The number of carbonyl (C=O) groups is 1. The number of nitrogens with one attached hydrogen (secondary N) is 2. The number of rotatable bonds is 5. The molecule has 7 nitrogen and oxygen atoms in total. The van der Waals surface area contributed by atoms with Gasteiger partial charge in [0.05, 0.1) is 0 Å². The quantitative estimate of drug-likeness (QED) is 0.790. The van der Waals surface area contributed by atoms with E-state index in [0.717, 1.165) is 45.8 Å². The first-order valence-corrected chi connectivity index (χ1v) is 7.61. The van der Waals surface area contributed by atoms with Crippen LogP contribution in [0.15, 0.2) is 10.6 Å². The van der Waals surface area contributed by atoms with Crippen LogP contribution in [-0.4, -0.2) is 72.7 Å². The van der Waals surface area contributed by atoms with Gasteiger partial charge in [-0.05, 0) is 6.92 Å². The van der Waals surface area contributed by atoms with Crippen molar-refractivity contribution in [1.82, 2.24) is 20.3 Å². The first-order valence-electron chi connectivity index (χ1n) is 7.61. The minimum absolute atomic E-state index is 0.00563. The van der Waals surface area contributed by atoms with Gasteiger partial charge in [-0.25, -0.2) is 0 Å². The predicted octanol–water partition coefficient (Wildman–Crippen LogP) is -0.0990. The van der Waals surface area contributed by atoms with Crippen LogP contribution >= 0.6 is 0 Å². The molecule has 0 atom stereocenters. The molecule has 2 saturated heterocycles. The molecule has 0 radical (unpaired) electrons. The van der Waals surface area contributed by atoms with Crippen molar-refractivity contribution in [2.24, 2.45) is 0 Å². The van der Waals surface area contributed by atoms with Crippen molar-refractivity contribution in [3.8, 4) is 0 Å². The highest BCUT2D eigenvalue weighted by molar-refractivity contribution is 5.89. The van der Waals surface area contributed by atoms with Crippen molar-refractivity contribution in [1.29, 1.82) is 0 Å². The summed E-state index contributed by atoms with van der Waals surface area (Å²) in [6.07, 6.45) is 0.500. The highest BCUT2D eigenvalue weighted by Gasteiger charge is 2.32. The molecular weight excluding hydrogens is 270 g/mol. The molecule has 1 amide bonds. The third-order valence-electron chi connectivity index (χ3n) is 4.16. The van der Waals surface area contributed by atoms with Crippen LogP contribution in [0.2, 0.25) is 0 Å². The summed E-state index contributed by atoms with van der Waals surface area (Å²) in [6, 6.07) is 2.40. The summed E-state index contributed by atoms with van der Waals surface area (Å²) in [6.45, 7) is 9.25. The van der Waals surface area contributed by atoms with Crippen LogP contribution in [0.4, 0.5) is 5.82 Å². The average molecular weight is 293 g/mol. The van der Waals surface area contributed by atoms with Crippen molar-refractivity contribution >= 4 is 11.7 Å². The Morgan fingerprint density at radius 1 is 1.48 bits per heavy atom. The van der Waals surface area contributed by atoms with Crippen molar-refractivity contribution < 1.29 is 9.32 Å². The molecule has 2 aliphatic rings. The van der Waals surface area contributed by atoms with E-state index in [0.29, 0.717) is 24.0 Å². The molecule has 2 N–H and O–H groups in total. The van der Waals surface area contributed by atoms with E-state index in [1.54, 1.807) is 13.0 Å². The summed E-state index contributed by atoms with van der Waals surface area (Å²) < 4.78 is 4.92. The largest absolute Gasteiger partial charge is 0.360 e. The zero-order valence-electron chi connectivity index (χ0n) is 12.5. The van der Waals surface area contributed by atoms with Crippen LogP contribution in [0.1, 0.15) is 12.2 Å². The lowest BCUT2D eigenvalue weighted by Gasteiger charge is -2.46. The summed E-state index contributed by atoms with van der Waals surface area (Å²) in [5.41, 5.74) is 0. The Hall–Kier alpha value is -1.44. The molecular formula is C14H23N5O2. The Bertz CT molecular complexity index is 477. The minimum Gasteiger partial charge on any atom is -0.360 e. The number of carbonyl (C=O) groups excluding carboxylic acids is 1. The number of likely N-dealkylation sites (tertiary alicyclic amines) is 1. The van der Waals surface area contributed by atoms with Gasteiger partial charge in [-0.2, -0.15) is 0 Å². The number of hydrogen-bond acceptors (Lipinski definition) is 6. The number of hydrogen-bond donors (Lipinski definition) is 2. The van der Waals surface area contributed by atoms with Crippen molar-refractivity contribution in [3.63, 3.8) is 0 Å². The van der Waals surface area contributed by atoms with Gasteiger partial charge < -0.3 is 15.2 Å². The van der Waals surface area contributed by atoms with E-state index < -0.39 is 0 Å². The lowest BCUT2D eigenvalue weighted by molar-refractivity contribution is -0.117. The number of anilines is 1. The second kappa shape index (κ2) is 6.55. The molecule has 0 unspecified atom stereocenters. The van der Waals surface area contributed by atoms with E-state index in [4.69, 9.17) is 4.52 Å². The van der Waals surface area contributed by atoms with E-state index >= 15 is 0 Å². The SMILES string of the molecule is Cc1cc(NC(=O)CCN2CC(N3CCNCC3)C2)no1. The standard InChI is InChI=1S/C14H23N5O2/c1-11-8-13(17-21-11)16-14(20)2-5-18-9-12(10-18)19-6-3-15-4-7-19/h8,12,15H,2-7,9-10H2,1H3,(H,16,17,20). The van der Waals surface area contributed by atoms with Gasteiger partial charge in [-0.1, -0.05) is 5.16 Å². The molecule has 1 aromatic heterocycles. The van der Waals surface area contributed by atoms with Gasteiger partial charge in [0.25, 0.3) is 0 Å². The van der Waals surface area contributed by atoms with Crippen LogP contribution in [0.5, 0.6) is 0 Å². The monoisotopic (exact) mass is 293 g/mol. The minimum atomic E-state index is -0.00563. The van der Waals surface area contributed by atoms with E-state index in [1.807, 2.05) is 0 Å². The number of nitrogens with zero attached hydrogens (tertiary/aromatic N) is 3. The Labute approximate surface area is 124 Å². The van der Waals surface area contributed by atoms with Crippen LogP contribution in [0.3, 0.4) is 0 Å². The first-order chi connectivity index (χ1) is 10.2. The molecule has 21 heavy (non-hydrogen) atoms. The third kappa shape index (κ3) is 3.81. The van der Waals surface area contributed by atoms with Crippen LogP contribution in [-0.2, 0) is 4.79 Å².